The van der Waals surface area contributed by atoms with Gasteiger partial charge in [-0.15, -0.1) is 0 Å². The molecule has 1 heterocycles. The lowest BCUT2D eigenvalue weighted by Crippen LogP contribution is -2.18. The van der Waals surface area contributed by atoms with Gasteiger partial charge in [0.1, 0.15) is 5.75 Å². The van der Waals surface area contributed by atoms with Gasteiger partial charge in [0, 0.05) is 17.7 Å². The Hall–Kier alpha value is -1.88. The van der Waals surface area contributed by atoms with Crippen LogP contribution in [0.1, 0.15) is 43.5 Å². The molecule has 0 unspecified atom stereocenters. The maximum absolute atomic E-state index is 12.3. The SMILES string of the molecule is CCCOc1ccccc1Cc1c(CCC)[nH]c(=S)[nH]c1=O. The quantitative estimate of drug-likeness (QED) is 0.764. The van der Waals surface area contributed by atoms with Crippen LogP contribution >= 0.6 is 12.2 Å². The highest BCUT2D eigenvalue weighted by molar-refractivity contribution is 7.71. The van der Waals surface area contributed by atoms with E-state index >= 15 is 0 Å². The van der Waals surface area contributed by atoms with E-state index in [0.717, 1.165) is 41.8 Å². The Bertz CT molecular complexity index is 734. The molecule has 2 aromatic rings. The second-order valence-electron chi connectivity index (χ2n) is 5.25. The van der Waals surface area contributed by atoms with Crippen LogP contribution in [0.2, 0.25) is 0 Å². The highest BCUT2D eigenvalue weighted by Crippen LogP contribution is 2.21. The minimum absolute atomic E-state index is 0.113. The van der Waals surface area contributed by atoms with Crippen molar-refractivity contribution in [2.75, 3.05) is 6.61 Å². The van der Waals surface area contributed by atoms with E-state index < -0.39 is 0 Å². The molecule has 0 aliphatic rings. The Balaban J connectivity index is 2.39. The highest BCUT2D eigenvalue weighted by Gasteiger charge is 2.12. The maximum atomic E-state index is 12.3. The monoisotopic (exact) mass is 318 g/mol. The van der Waals surface area contributed by atoms with E-state index in [1.165, 1.54) is 0 Å². The standard InChI is InChI=1S/C17H22N2O2S/c1-3-7-14-13(16(20)19-17(22)18-14)11-12-8-5-6-9-15(12)21-10-4-2/h5-6,8-9H,3-4,7,10-11H2,1-2H3,(H2,18,19,20,22). The van der Waals surface area contributed by atoms with Crippen molar-refractivity contribution < 1.29 is 4.74 Å². The van der Waals surface area contributed by atoms with Gasteiger partial charge >= 0.3 is 0 Å². The van der Waals surface area contributed by atoms with Gasteiger partial charge in [0.25, 0.3) is 5.56 Å². The highest BCUT2D eigenvalue weighted by atomic mass is 32.1. The minimum atomic E-state index is -0.113. The van der Waals surface area contributed by atoms with Crippen LogP contribution in [-0.2, 0) is 12.8 Å². The number of aromatic amines is 2. The Kier molecular flexibility index (Phi) is 5.95. The molecule has 2 N–H and O–H groups in total. The summed E-state index contributed by atoms with van der Waals surface area (Å²) in [5.41, 5.74) is 2.56. The molecular formula is C17H22N2O2S. The van der Waals surface area contributed by atoms with Crippen LogP contribution in [0.15, 0.2) is 29.1 Å². The first-order valence-corrected chi connectivity index (χ1v) is 8.11. The van der Waals surface area contributed by atoms with E-state index in [2.05, 4.69) is 23.8 Å². The van der Waals surface area contributed by atoms with Crippen LogP contribution in [0.5, 0.6) is 5.75 Å². The molecule has 1 aromatic carbocycles. The van der Waals surface area contributed by atoms with Gasteiger partial charge < -0.3 is 9.72 Å². The number of hydrogen-bond donors (Lipinski definition) is 2. The number of ether oxygens (including phenoxy) is 1. The molecule has 118 valence electrons. The number of aromatic nitrogens is 2. The van der Waals surface area contributed by atoms with Gasteiger partial charge in [0.05, 0.1) is 6.61 Å². The fraction of sp³-hybridized carbons (Fsp3) is 0.412. The second-order valence-corrected chi connectivity index (χ2v) is 5.66. The smallest absolute Gasteiger partial charge is 0.255 e. The molecule has 1 aromatic heterocycles. The molecule has 0 spiro atoms. The van der Waals surface area contributed by atoms with Gasteiger partial charge in [-0.05, 0) is 36.7 Å². The number of aryl methyl sites for hydroxylation is 1. The second kappa shape index (κ2) is 7.94. The third kappa shape index (κ3) is 4.07. The fourth-order valence-electron chi connectivity index (χ4n) is 2.40. The van der Waals surface area contributed by atoms with Gasteiger partial charge in [-0.1, -0.05) is 38.5 Å². The predicted molar refractivity (Wildman–Crippen MR) is 91.3 cm³/mol. The fourth-order valence-corrected chi connectivity index (χ4v) is 2.62. The Labute approximate surface area is 135 Å². The first-order valence-electron chi connectivity index (χ1n) is 7.70. The molecule has 0 radical (unpaired) electrons. The summed E-state index contributed by atoms with van der Waals surface area (Å²) in [4.78, 5) is 18.1. The van der Waals surface area contributed by atoms with Crippen molar-refractivity contribution in [1.29, 1.82) is 0 Å². The molecule has 5 heteroatoms. The average Bonchev–Trinajstić information content (AvgIpc) is 2.50. The summed E-state index contributed by atoms with van der Waals surface area (Å²) in [7, 11) is 0. The lowest BCUT2D eigenvalue weighted by atomic mass is 10.0. The number of hydrogen-bond acceptors (Lipinski definition) is 3. The van der Waals surface area contributed by atoms with E-state index in [9.17, 15) is 4.79 Å². The summed E-state index contributed by atoms with van der Waals surface area (Å²) in [5, 5.41) is 0. The summed E-state index contributed by atoms with van der Waals surface area (Å²) < 4.78 is 6.16. The topological polar surface area (TPSA) is 57.9 Å². The molecule has 0 fully saturated rings. The lowest BCUT2D eigenvalue weighted by molar-refractivity contribution is 0.314. The largest absolute Gasteiger partial charge is 0.493 e. The number of benzene rings is 1. The van der Waals surface area contributed by atoms with Crippen LogP contribution in [-0.4, -0.2) is 16.6 Å². The molecule has 0 atom stereocenters. The predicted octanol–water partition coefficient (Wildman–Crippen LogP) is 3.76. The molecule has 0 bridgehead atoms. The van der Waals surface area contributed by atoms with Crippen molar-refractivity contribution in [3.05, 3.63) is 56.2 Å². The van der Waals surface area contributed by atoms with E-state index in [4.69, 9.17) is 17.0 Å². The van der Waals surface area contributed by atoms with Crippen LogP contribution in [0, 0.1) is 4.77 Å². The van der Waals surface area contributed by atoms with Crippen LogP contribution < -0.4 is 10.3 Å². The van der Waals surface area contributed by atoms with Crippen molar-refractivity contribution in [3.63, 3.8) is 0 Å². The van der Waals surface area contributed by atoms with Crippen molar-refractivity contribution in [1.82, 2.24) is 9.97 Å². The lowest BCUT2D eigenvalue weighted by Gasteiger charge is -2.12. The normalized spacial score (nSPS) is 10.6. The molecule has 0 saturated heterocycles. The number of nitrogens with one attached hydrogen (secondary N) is 2. The minimum Gasteiger partial charge on any atom is -0.493 e. The molecule has 0 amide bonds. The Morgan fingerprint density at radius 1 is 1.14 bits per heavy atom. The van der Waals surface area contributed by atoms with Gasteiger partial charge in [-0.25, -0.2) is 0 Å². The molecular weight excluding hydrogens is 296 g/mol. The van der Waals surface area contributed by atoms with Crippen molar-refractivity contribution in [2.24, 2.45) is 0 Å². The summed E-state index contributed by atoms with van der Waals surface area (Å²) in [6, 6.07) is 7.86. The number of para-hydroxylation sites is 1. The number of H-pyrrole nitrogens is 2. The Morgan fingerprint density at radius 3 is 2.64 bits per heavy atom. The van der Waals surface area contributed by atoms with Gasteiger partial charge in [-0.2, -0.15) is 0 Å². The zero-order valence-corrected chi connectivity index (χ0v) is 13.9. The van der Waals surface area contributed by atoms with Crippen LogP contribution in [0.4, 0.5) is 0 Å². The van der Waals surface area contributed by atoms with E-state index in [-0.39, 0.29) is 5.56 Å². The molecule has 0 aliphatic heterocycles. The summed E-state index contributed by atoms with van der Waals surface area (Å²) in [6.45, 7) is 4.83. The third-order valence-electron chi connectivity index (χ3n) is 3.43. The summed E-state index contributed by atoms with van der Waals surface area (Å²) in [6.07, 6.45) is 3.25. The van der Waals surface area contributed by atoms with E-state index in [1.807, 2.05) is 24.3 Å². The molecule has 22 heavy (non-hydrogen) atoms. The Morgan fingerprint density at radius 2 is 1.91 bits per heavy atom. The third-order valence-corrected chi connectivity index (χ3v) is 3.64. The molecule has 0 aliphatic carbocycles. The zero-order valence-electron chi connectivity index (χ0n) is 13.1. The van der Waals surface area contributed by atoms with Gasteiger partial charge in [-0.3, -0.25) is 9.78 Å². The maximum Gasteiger partial charge on any atom is 0.255 e. The average molecular weight is 318 g/mol. The van der Waals surface area contributed by atoms with Crippen molar-refractivity contribution >= 4 is 12.2 Å². The number of rotatable bonds is 7. The summed E-state index contributed by atoms with van der Waals surface area (Å²) >= 11 is 5.07. The van der Waals surface area contributed by atoms with Gasteiger partial charge in [0.15, 0.2) is 4.77 Å². The molecule has 2 rings (SSSR count). The zero-order chi connectivity index (χ0) is 15.9. The van der Waals surface area contributed by atoms with E-state index in [0.29, 0.717) is 17.8 Å². The van der Waals surface area contributed by atoms with Gasteiger partial charge in [0.2, 0.25) is 0 Å². The molecule has 4 nitrogen and oxygen atoms in total. The van der Waals surface area contributed by atoms with Crippen LogP contribution in [0.25, 0.3) is 0 Å². The van der Waals surface area contributed by atoms with E-state index in [1.54, 1.807) is 0 Å². The van der Waals surface area contributed by atoms with Crippen molar-refractivity contribution in [3.8, 4) is 5.75 Å². The molecule has 0 saturated carbocycles. The summed E-state index contributed by atoms with van der Waals surface area (Å²) in [5.74, 6) is 0.841. The van der Waals surface area contributed by atoms with Crippen molar-refractivity contribution in [2.45, 2.75) is 39.5 Å². The first-order chi connectivity index (χ1) is 10.7. The van der Waals surface area contributed by atoms with Crippen LogP contribution in [0.3, 0.4) is 0 Å². The first kappa shape index (κ1) is 16.5.